The van der Waals surface area contributed by atoms with E-state index in [1.54, 1.807) is 16.4 Å². The van der Waals surface area contributed by atoms with Gasteiger partial charge in [0.25, 0.3) is 0 Å². The molecule has 2 heterocycles. The van der Waals surface area contributed by atoms with E-state index in [1.807, 2.05) is 7.05 Å². The molecule has 3 aromatic rings. The summed E-state index contributed by atoms with van der Waals surface area (Å²) in [6, 6.07) is 8.66. The zero-order valence-corrected chi connectivity index (χ0v) is 15.1. The van der Waals surface area contributed by atoms with Crippen molar-refractivity contribution in [2.75, 3.05) is 12.3 Å². The smallest absolute Gasteiger partial charge is 0.209 e. The fourth-order valence-electron chi connectivity index (χ4n) is 2.82. The third kappa shape index (κ3) is 3.96. The van der Waals surface area contributed by atoms with Crippen LogP contribution in [0.5, 0.6) is 0 Å². The minimum absolute atomic E-state index is 0.873. The van der Waals surface area contributed by atoms with Crippen LogP contribution in [-0.2, 0) is 20.1 Å². The summed E-state index contributed by atoms with van der Waals surface area (Å²) < 4.78 is 4.07. The van der Waals surface area contributed by atoms with E-state index in [0.29, 0.717) is 0 Å². The van der Waals surface area contributed by atoms with Crippen molar-refractivity contribution in [2.45, 2.75) is 38.0 Å². The van der Waals surface area contributed by atoms with E-state index < -0.39 is 0 Å². The van der Waals surface area contributed by atoms with Crippen LogP contribution in [0.25, 0.3) is 10.9 Å². The highest BCUT2D eigenvalue weighted by Crippen LogP contribution is 2.21. The molecular weight excluding hydrogens is 320 g/mol. The highest BCUT2D eigenvalue weighted by atomic mass is 32.2. The summed E-state index contributed by atoms with van der Waals surface area (Å²) in [6.07, 6.45) is 4.53. The summed E-state index contributed by atoms with van der Waals surface area (Å²) in [6.45, 7) is 5.19. The molecule has 0 amide bonds. The van der Waals surface area contributed by atoms with Gasteiger partial charge in [-0.25, -0.2) is 4.68 Å². The second kappa shape index (κ2) is 8.30. The molecule has 7 heteroatoms. The summed E-state index contributed by atoms with van der Waals surface area (Å²) in [5.74, 6) is 1.01. The van der Waals surface area contributed by atoms with Crippen LogP contribution < -0.4 is 5.32 Å². The summed E-state index contributed by atoms with van der Waals surface area (Å²) in [4.78, 5) is 0. The van der Waals surface area contributed by atoms with E-state index >= 15 is 0 Å². The van der Waals surface area contributed by atoms with Gasteiger partial charge in [-0.15, -0.1) is 5.10 Å². The van der Waals surface area contributed by atoms with Gasteiger partial charge in [0.15, 0.2) is 0 Å². The zero-order valence-electron chi connectivity index (χ0n) is 14.3. The number of nitrogens with one attached hydrogen (secondary N) is 1. The highest BCUT2D eigenvalue weighted by Gasteiger charge is 2.07. The number of nitrogens with zero attached hydrogens (tertiary/aromatic N) is 5. The van der Waals surface area contributed by atoms with Crippen LogP contribution in [0.1, 0.15) is 25.3 Å². The predicted octanol–water partition coefficient (Wildman–Crippen LogP) is 2.85. The summed E-state index contributed by atoms with van der Waals surface area (Å²) >= 11 is 1.70. The quantitative estimate of drug-likeness (QED) is 0.478. The van der Waals surface area contributed by atoms with E-state index in [2.05, 4.69) is 62.8 Å². The minimum Gasteiger partial charge on any atom is -0.347 e. The molecule has 0 spiro atoms. The normalized spacial score (nSPS) is 11.4. The van der Waals surface area contributed by atoms with Crippen molar-refractivity contribution in [1.29, 1.82) is 0 Å². The molecule has 3 rings (SSSR count). The molecular formula is C17H24N6S. The summed E-state index contributed by atoms with van der Waals surface area (Å²) in [5, 5.41) is 17.2. The molecule has 0 aliphatic heterocycles. The number of rotatable bonds is 9. The third-order valence-corrected chi connectivity index (χ3v) is 5.06. The standard InChI is InChI=1S/C17H24N6S/c1-3-10-23-13-14(15-7-4-5-8-16(15)23)12-18-9-6-11-24-17-19-20-21-22(17)2/h4-5,7-8,13,18H,3,6,9-12H2,1-2H3. The Morgan fingerprint density at radius 1 is 1.25 bits per heavy atom. The molecule has 0 fully saturated rings. The Bertz CT molecular complexity index is 778. The van der Waals surface area contributed by atoms with Gasteiger partial charge in [-0.3, -0.25) is 0 Å². The van der Waals surface area contributed by atoms with E-state index in [-0.39, 0.29) is 0 Å². The van der Waals surface area contributed by atoms with Crippen LogP contribution in [0.2, 0.25) is 0 Å². The highest BCUT2D eigenvalue weighted by molar-refractivity contribution is 7.99. The maximum absolute atomic E-state index is 3.98. The first-order valence-electron chi connectivity index (χ1n) is 8.42. The molecule has 0 saturated heterocycles. The molecule has 24 heavy (non-hydrogen) atoms. The van der Waals surface area contributed by atoms with Crippen molar-refractivity contribution in [3.63, 3.8) is 0 Å². The van der Waals surface area contributed by atoms with E-state index in [4.69, 9.17) is 0 Å². The lowest BCUT2D eigenvalue weighted by molar-refractivity contribution is 0.659. The number of benzene rings is 1. The van der Waals surface area contributed by atoms with Crippen LogP contribution >= 0.6 is 11.8 Å². The van der Waals surface area contributed by atoms with Gasteiger partial charge in [0.2, 0.25) is 5.16 Å². The molecule has 0 aliphatic rings. The topological polar surface area (TPSA) is 60.6 Å². The molecule has 1 aromatic carbocycles. The lowest BCUT2D eigenvalue weighted by atomic mass is 10.2. The Morgan fingerprint density at radius 3 is 2.92 bits per heavy atom. The second-order valence-electron chi connectivity index (χ2n) is 5.83. The first-order valence-corrected chi connectivity index (χ1v) is 9.40. The van der Waals surface area contributed by atoms with Gasteiger partial charge in [-0.2, -0.15) is 0 Å². The van der Waals surface area contributed by atoms with E-state index in [9.17, 15) is 0 Å². The van der Waals surface area contributed by atoms with Gasteiger partial charge < -0.3 is 9.88 Å². The van der Waals surface area contributed by atoms with Gasteiger partial charge in [-0.05, 0) is 41.4 Å². The molecule has 0 bridgehead atoms. The van der Waals surface area contributed by atoms with Crippen LogP contribution in [0.3, 0.4) is 0 Å². The fourth-order valence-corrected chi connectivity index (χ4v) is 3.61. The Kier molecular flexibility index (Phi) is 5.87. The number of fused-ring (bicyclic) bond motifs is 1. The Labute approximate surface area is 146 Å². The first kappa shape index (κ1) is 17.0. The zero-order chi connectivity index (χ0) is 16.8. The Morgan fingerprint density at radius 2 is 2.12 bits per heavy atom. The Hall–Kier alpha value is -1.86. The van der Waals surface area contributed by atoms with E-state index in [0.717, 1.165) is 43.4 Å². The second-order valence-corrected chi connectivity index (χ2v) is 6.89. The largest absolute Gasteiger partial charge is 0.347 e. The van der Waals surface area contributed by atoms with E-state index in [1.165, 1.54) is 16.5 Å². The van der Waals surface area contributed by atoms with Gasteiger partial charge in [-0.1, -0.05) is 36.9 Å². The van der Waals surface area contributed by atoms with Gasteiger partial charge in [0, 0.05) is 43.0 Å². The number of aryl methyl sites for hydroxylation is 2. The maximum atomic E-state index is 3.98. The number of aromatic nitrogens is 5. The van der Waals surface area contributed by atoms with Crippen LogP contribution in [0.4, 0.5) is 0 Å². The molecule has 128 valence electrons. The van der Waals surface area contributed by atoms with Gasteiger partial charge in [0.1, 0.15) is 0 Å². The third-order valence-electron chi connectivity index (χ3n) is 3.96. The summed E-state index contributed by atoms with van der Waals surface area (Å²) in [7, 11) is 1.87. The van der Waals surface area contributed by atoms with Crippen LogP contribution in [0, 0.1) is 0 Å². The lowest BCUT2D eigenvalue weighted by Crippen LogP contribution is -2.15. The predicted molar refractivity (Wildman–Crippen MR) is 98.1 cm³/mol. The van der Waals surface area contributed by atoms with Crippen molar-refractivity contribution < 1.29 is 0 Å². The molecule has 6 nitrogen and oxygen atoms in total. The number of thioether (sulfide) groups is 1. The average molecular weight is 344 g/mol. The number of hydrogen-bond donors (Lipinski definition) is 1. The molecule has 0 saturated carbocycles. The van der Waals surface area contributed by atoms with Crippen molar-refractivity contribution in [1.82, 2.24) is 30.1 Å². The van der Waals surface area contributed by atoms with Gasteiger partial charge in [0.05, 0.1) is 0 Å². The summed E-state index contributed by atoms with van der Waals surface area (Å²) in [5.41, 5.74) is 2.71. The minimum atomic E-state index is 0.873. The molecule has 2 aromatic heterocycles. The fraction of sp³-hybridized carbons (Fsp3) is 0.471. The molecule has 0 aliphatic carbocycles. The number of para-hydroxylation sites is 1. The monoisotopic (exact) mass is 344 g/mol. The molecule has 1 N–H and O–H groups in total. The number of tetrazole rings is 1. The molecule has 0 unspecified atom stereocenters. The molecule has 0 radical (unpaired) electrons. The van der Waals surface area contributed by atoms with Crippen molar-refractivity contribution in [3.05, 3.63) is 36.0 Å². The lowest BCUT2D eigenvalue weighted by Gasteiger charge is -2.03. The SMILES string of the molecule is CCCn1cc(CNCCCSc2nnnn2C)c2ccccc21. The average Bonchev–Trinajstić information content (AvgIpc) is 3.16. The number of hydrogen-bond acceptors (Lipinski definition) is 5. The van der Waals surface area contributed by atoms with Crippen molar-refractivity contribution in [2.24, 2.45) is 7.05 Å². The van der Waals surface area contributed by atoms with Crippen molar-refractivity contribution >= 4 is 22.7 Å². The Balaban J connectivity index is 1.48. The first-order chi connectivity index (χ1) is 11.8. The van der Waals surface area contributed by atoms with Crippen molar-refractivity contribution in [3.8, 4) is 0 Å². The van der Waals surface area contributed by atoms with Gasteiger partial charge >= 0.3 is 0 Å². The maximum Gasteiger partial charge on any atom is 0.209 e. The molecule has 0 atom stereocenters. The van der Waals surface area contributed by atoms with Crippen LogP contribution in [0.15, 0.2) is 35.6 Å². The van der Waals surface area contributed by atoms with Crippen LogP contribution in [-0.4, -0.2) is 37.1 Å².